The third kappa shape index (κ3) is 49.0. The van der Waals surface area contributed by atoms with Crippen LogP contribution < -0.4 is 0 Å². The summed E-state index contributed by atoms with van der Waals surface area (Å²) in [4.78, 5) is 66.3. The van der Waals surface area contributed by atoms with E-state index in [2.05, 4.69) is 52.0 Å². The number of esters is 4. The van der Waals surface area contributed by atoms with Crippen LogP contribution in [0.4, 0.5) is 0 Å². The minimum Gasteiger partial charge on any atom is -0.463 e. The number of hydrogen-bond acceptors (Lipinski definition) is 24. The molecule has 26 heteroatoms. The fraction of sp³-hybridized carbons (Fsp3) is 0.910. The highest BCUT2D eigenvalue weighted by atomic mass is 31.2. The summed E-state index contributed by atoms with van der Waals surface area (Å²) in [6.45, 7) is 5.56. The predicted octanol–water partition coefficient (Wildman–Crippen LogP) is 16.5. The van der Waals surface area contributed by atoms with E-state index in [0.29, 0.717) is 32.1 Å². The highest BCUT2D eigenvalue weighted by Crippen LogP contribution is 2.49. The zero-order valence-electron chi connectivity index (χ0n) is 71.6. The van der Waals surface area contributed by atoms with Crippen molar-refractivity contribution in [3.63, 3.8) is 0 Å². The maximum atomic E-state index is 14.9. The Morgan fingerprint density at radius 3 is 1.05 bits per heavy atom. The molecule has 2 heterocycles. The van der Waals surface area contributed by atoms with Crippen molar-refractivity contribution in [3.8, 4) is 0 Å². The van der Waals surface area contributed by atoms with Gasteiger partial charge in [-0.1, -0.05) is 309 Å². The van der Waals surface area contributed by atoms with E-state index >= 15 is 0 Å². The van der Waals surface area contributed by atoms with E-state index in [1.54, 1.807) is 0 Å². The SMILES string of the molecule is CCCCCC/C=C\CCCCCCCCCC(=O)OC1C(O)C(O)C(OC2OC(CO)C(O)C(O)C2O)C(OP(=O)(O)OCC(COC(=O)CCCCC/C=C\CCCCCCCC)OC(=O)CCCCCCCCCCCCCCCCC)C1OC1OC(COC(=O)CCCCCCCCCCCCCCC)C(O)C(O)C1O. The largest absolute Gasteiger partial charge is 0.472 e. The van der Waals surface area contributed by atoms with Gasteiger partial charge >= 0.3 is 31.7 Å². The van der Waals surface area contributed by atoms with Crippen molar-refractivity contribution in [1.82, 2.24) is 0 Å². The second kappa shape index (κ2) is 68.5. The highest BCUT2D eigenvalue weighted by molar-refractivity contribution is 7.47. The van der Waals surface area contributed by atoms with E-state index in [4.69, 9.17) is 46.9 Å². The van der Waals surface area contributed by atoms with Gasteiger partial charge in [-0.05, 0) is 77.0 Å². The quantitative estimate of drug-likeness (QED) is 0.00889. The van der Waals surface area contributed by atoms with Crippen molar-refractivity contribution in [3.05, 3.63) is 24.3 Å². The van der Waals surface area contributed by atoms with E-state index in [0.717, 1.165) is 141 Å². The fourth-order valence-electron chi connectivity index (χ4n) is 15.1. The van der Waals surface area contributed by atoms with Crippen molar-refractivity contribution in [2.45, 2.75) is 491 Å². The normalized spacial score (nSPS) is 25.3. The van der Waals surface area contributed by atoms with Gasteiger partial charge in [0.25, 0.3) is 0 Å². The molecule has 0 amide bonds. The van der Waals surface area contributed by atoms with E-state index < -0.39 is 162 Å². The number of aliphatic hydroxyl groups excluding tert-OH is 9. The van der Waals surface area contributed by atoms with Gasteiger partial charge in [0.1, 0.15) is 92.6 Å². The van der Waals surface area contributed by atoms with Crippen LogP contribution in [-0.4, -0.2) is 205 Å². The molecule has 2 saturated heterocycles. The molecule has 0 radical (unpaired) electrons. The Morgan fingerprint density at radius 2 is 0.652 bits per heavy atom. The molecule has 0 spiro atoms. The Labute approximate surface area is 692 Å². The number of aliphatic hydroxyl groups is 9. The van der Waals surface area contributed by atoms with Crippen LogP contribution in [0.3, 0.4) is 0 Å². The number of rotatable bonds is 74. The van der Waals surface area contributed by atoms with E-state index in [9.17, 15) is 74.6 Å². The average molecular weight is 1660 g/mol. The molecule has 10 N–H and O–H groups in total. The van der Waals surface area contributed by atoms with Gasteiger partial charge in [-0.2, -0.15) is 0 Å². The topological polar surface area (TPSA) is 380 Å². The first-order valence-corrected chi connectivity index (χ1v) is 47.6. The summed E-state index contributed by atoms with van der Waals surface area (Å²) in [5.41, 5.74) is 0. The molecule has 2 aliphatic heterocycles. The van der Waals surface area contributed by atoms with Crippen molar-refractivity contribution in [2.75, 3.05) is 26.4 Å². The second-order valence-electron chi connectivity index (χ2n) is 32.8. The Morgan fingerprint density at radius 1 is 0.339 bits per heavy atom. The van der Waals surface area contributed by atoms with Crippen LogP contribution in [0.15, 0.2) is 24.3 Å². The number of phosphoric acid groups is 1. The van der Waals surface area contributed by atoms with Gasteiger partial charge in [-0.15, -0.1) is 0 Å². The number of carbonyl (C=O) groups excluding carboxylic acids is 4. The third-order valence-corrected chi connectivity index (χ3v) is 23.4. The van der Waals surface area contributed by atoms with Crippen LogP contribution in [0, 0.1) is 0 Å². The standard InChI is InChI=1S/C89H163O25P/c1-5-9-13-17-21-25-29-33-35-39-43-47-51-55-59-63-74(93)108-69(66-105-72(91)61-57-53-49-45-41-37-31-27-23-19-15-11-7-3)67-107-115(103,104)114-87-85(112-88-82(101)78(97)76(95)70(65-90)109-88)81(100)80(99)84(111-75(94)64-60-56-52-48-44-40-36-34-30-26-22-18-14-10-6-2)86(87)113-89-83(102)79(98)77(96)71(110-89)68-106-73(92)62-58-54-50-46-42-38-32-28-24-20-16-12-8-4/h26,30,37,41,69-71,76-90,95-102H,5-25,27-29,31-36,38-40,42-68H2,1-4H3,(H,103,104)/b30-26-,41-37-. The van der Waals surface area contributed by atoms with Crippen LogP contribution in [0.25, 0.3) is 0 Å². The van der Waals surface area contributed by atoms with Gasteiger partial charge in [-0.25, -0.2) is 4.57 Å². The van der Waals surface area contributed by atoms with Crippen LogP contribution >= 0.6 is 7.82 Å². The summed E-state index contributed by atoms with van der Waals surface area (Å²) in [5.74, 6) is -2.98. The lowest BCUT2D eigenvalue weighted by Crippen LogP contribution is -2.70. The third-order valence-electron chi connectivity index (χ3n) is 22.4. The number of unbranched alkanes of at least 4 members (excludes halogenated alkanes) is 46. The summed E-state index contributed by atoms with van der Waals surface area (Å²) in [5, 5.41) is 102. The minimum atomic E-state index is -5.81. The van der Waals surface area contributed by atoms with Crippen molar-refractivity contribution in [2.24, 2.45) is 0 Å². The molecule has 18 unspecified atom stereocenters. The van der Waals surface area contributed by atoms with Crippen LogP contribution in [-0.2, 0) is 70.7 Å². The minimum absolute atomic E-state index is 0.0150. The molecule has 3 aliphatic rings. The first-order valence-electron chi connectivity index (χ1n) is 46.1. The molecule has 0 bridgehead atoms. The summed E-state index contributed by atoms with van der Waals surface area (Å²) >= 11 is 0. The molecule has 18 atom stereocenters. The van der Waals surface area contributed by atoms with Gasteiger partial charge in [0.05, 0.1) is 13.2 Å². The molecule has 115 heavy (non-hydrogen) atoms. The Kier molecular flexibility index (Phi) is 63.2. The monoisotopic (exact) mass is 1660 g/mol. The first kappa shape index (κ1) is 106. The Hall–Kier alpha value is -3.05. The molecule has 3 rings (SSSR count). The maximum absolute atomic E-state index is 14.9. The van der Waals surface area contributed by atoms with Crippen LogP contribution in [0.2, 0.25) is 0 Å². The number of allylic oxidation sites excluding steroid dienone is 4. The van der Waals surface area contributed by atoms with Crippen LogP contribution in [0.5, 0.6) is 0 Å². The van der Waals surface area contributed by atoms with Crippen molar-refractivity contribution < 1.29 is 122 Å². The summed E-state index contributed by atoms with van der Waals surface area (Å²) in [6, 6.07) is 0. The smallest absolute Gasteiger partial charge is 0.463 e. The lowest BCUT2D eigenvalue weighted by atomic mass is 9.84. The highest BCUT2D eigenvalue weighted by Gasteiger charge is 2.60. The van der Waals surface area contributed by atoms with Crippen molar-refractivity contribution in [1.29, 1.82) is 0 Å². The summed E-state index contributed by atoms with van der Waals surface area (Å²) in [6.07, 6.45) is 27.5. The average Bonchev–Trinajstić information content (AvgIpc) is 0.753. The lowest BCUT2D eigenvalue weighted by molar-refractivity contribution is -0.360. The summed E-state index contributed by atoms with van der Waals surface area (Å²) in [7, 11) is -5.81. The van der Waals surface area contributed by atoms with Crippen LogP contribution in [0.1, 0.15) is 387 Å². The lowest BCUT2D eigenvalue weighted by Gasteiger charge is -2.50. The Bertz CT molecular complexity index is 2490. The molecule has 25 nitrogen and oxygen atoms in total. The van der Waals surface area contributed by atoms with Crippen molar-refractivity contribution >= 4 is 31.7 Å². The van der Waals surface area contributed by atoms with Gasteiger partial charge in [0.15, 0.2) is 24.8 Å². The molecule has 0 aromatic carbocycles. The van der Waals surface area contributed by atoms with E-state index in [-0.39, 0.29) is 25.7 Å². The molecule has 0 aromatic heterocycles. The van der Waals surface area contributed by atoms with E-state index in [1.165, 1.54) is 161 Å². The molecule has 3 fully saturated rings. The molecular formula is C89H163O25P. The second-order valence-corrected chi connectivity index (χ2v) is 34.2. The Balaban J connectivity index is 1.93. The predicted molar refractivity (Wildman–Crippen MR) is 444 cm³/mol. The molecule has 674 valence electrons. The summed E-state index contributed by atoms with van der Waals surface area (Å²) < 4.78 is 73.3. The van der Waals surface area contributed by atoms with Gasteiger partial charge in [0.2, 0.25) is 0 Å². The zero-order chi connectivity index (χ0) is 84.0. The first-order chi connectivity index (χ1) is 55.7. The van der Waals surface area contributed by atoms with E-state index in [1.807, 2.05) is 0 Å². The number of ether oxygens (including phenoxy) is 8. The molecule has 0 aromatic rings. The number of carbonyl (C=O) groups is 4. The molecular weight excluding hydrogens is 1500 g/mol. The zero-order valence-corrected chi connectivity index (χ0v) is 72.5. The van der Waals surface area contributed by atoms with Gasteiger partial charge in [0, 0.05) is 25.7 Å². The fourth-order valence-corrected chi connectivity index (χ4v) is 16.0. The molecule has 1 aliphatic carbocycles. The van der Waals surface area contributed by atoms with Gasteiger partial charge in [-0.3, -0.25) is 28.2 Å². The number of hydrogen-bond donors (Lipinski definition) is 10. The number of phosphoric ester groups is 1. The maximum Gasteiger partial charge on any atom is 0.472 e. The van der Waals surface area contributed by atoms with Gasteiger partial charge < -0.3 is 88.7 Å². The molecule has 1 saturated carbocycles.